The van der Waals surface area contributed by atoms with Crippen molar-refractivity contribution in [1.82, 2.24) is 9.21 Å². The van der Waals surface area contributed by atoms with E-state index in [0.29, 0.717) is 30.3 Å². The molecule has 2 aliphatic heterocycles. The van der Waals surface area contributed by atoms with Crippen molar-refractivity contribution < 1.29 is 13.2 Å². The average molecular weight is 428 g/mol. The molecule has 0 spiro atoms. The molecule has 3 rings (SSSR count). The maximum atomic E-state index is 12.9. The molecule has 1 amide bonds. The summed E-state index contributed by atoms with van der Waals surface area (Å²) < 4.78 is 27.3. The predicted molar refractivity (Wildman–Crippen MR) is 112 cm³/mol. The number of anilines is 1. The molecule has 0 saturated carbocycles. The van der Waals surface area contributed by atoms with Gasteiger partial charge in [0.2, 0.25) is 15.9 Å². The number of likely N-dealkylation sites (tertiary alicyclic amines) is 1. The lowest BCUT2D eigenvalue weighted by atomic mass is 10.1. The largest absolute Gasteiger partial charge is 0.324 e. The van der Waals surface area contributed by atoms with Gasteiger partial charge in [-0.15, -0.1) is 0 Å². The van der Waals surface area contributed by atoms with Crippen LogP contribution in [0.25, 0.3) is 0 Å². The van der Waals surface area contributed by atoms with Gasteiger partial charge in [0.25, 0.3) is 0 Å². The highest BCUT2D eigenvalue weighted by Crippen LogP contribution is 2.28. The number of hydrogen-bond acceptors (Lipinski definition) is 4. The summed E-state index contributed by atoms with van der Waals surface area (Å²) in [6.07, 6.45) is 8.73. The molecule has 0 radical (unpaired) electrons. The standard InChI is InChI=1S/C20H30ClN3O3S/c21-18-10-9-17(28(26,27)24-13-7-4-8-14-24)15-19(18)22-20(25)16-23-11-5-2-1-3-6-12-23/h9-10,15H,1-8,11-14,16H2,(H,22,25). The number of carbonyl (C=O) groups is 1. The highest BCUT2D eigenvalue weighted by Gasteiger charge is 2.26. The normalized spacial score (nSPS) is 20.3. The summed E-state index contributed by atoms with van der Waals surface area (Å²) in [4.78, 5) is 14.9. The smallest absolute Gasteiger partial charge is 0.243 e. The van der Waals surface area contributed by atoms with Gasteiger partial charge in [0.1, 0.15) is 0 Å². The maximum absolute atomic E-state index is 12.9. The fraction of sp³-hybridized carbons (Fsp3) is 0.650. The summed E-state index contributed by atoms with van der Waals surface area (Å²) in [5.41, 5.74) is 0.358. The fourth-order valence-electron chi connectivity index (χ4n) is 3.88. The third kappa shape index (κ3) is 5.69. The molecule has 8 heteroatoms. The van der Waals surface area contributed by atoms with Gasteiger partial charge in [0, 0.05) is 13.1 Å². The molecule has 28 heavy (non-hydrogen) atoms. The topological polar surface area (TPSA) is 69.7 Å². The zero-order valence-electron chi connectivity index (χ0n) is 16.3. The van der Waals surface area contributed by atoms with Crippen molar-refractivity contribution in [1.29, 1.82) is 0 Å². The molecule has 0 atom stereocenters. The highest BCUT2D eigenvalue weighted by atomic mass is 35.5. The minimum Gasteiger partial charge on any atom is -0.324 e. The molecule has 0 unspecified atom stereocenters. The van der Waals surface area contributed by atoms with Crippen molar-refractivity contribution in [3.05, 3.63) is 23.2 Å². The monoisotopic (exact) mass is 427 g/mol. The van der Waals surface area contributed by atoms with Gasteiger partial charge in [-0.2, -0.15) is 4.31 Å². The molecule has 2 fully saturated rings. The molecule has 6 nitrogen and oxygen atoms in total. The molecule has 0 bridgehead atoms. The number of nitrogens with zero attached hydrogens (tertiary/aromatic N) is 2. The third-order valence-electron chi connectivity index (χ3n) is 5.48. The minimum atomic E-state index is -3.56. The fourth-order valence-corrected chi connectivity index (χ4v) is 5.59. The molecular weight excluding hydrogens is 398 g/mol. The first-order chi connectivity index (χ1) is 13.5. The SMILES string of the molecule is O=C(CN1CCCCCCC1)Nc1cc(S(=O)(=O)N2CCCCC2)ccc1Cl. The highest BCUT2D eigenvalue weighted by molar-refractivity contribution is 7.89. The van der Waals surface area contributed by atoms with Crippen LogP contribution in [0.5, 0.6) is 0 Å². The van der Waals surface area contributed by atoms with Crippen molar-refractivity contribution in [3.8, 4) is 0 Å². The lowest BCUT2D eigenvalue weighted by Gasteiger charge is -2.26. The Kier molecular flexibility index (Phi) is 7.74. The Labute approximate surface area is 173 Å². The molecule has 2 saturated heterocycles. The molecule has 2 heterocycles. The molecule has 1 aromatic rings. The summed E-state index contributed by atoms with van der Waals surface area (Å²) in [6.45, 7) is 3.23. The Balaban J connectivity index is 1.68. The van der Waals surface area contributed by atoms with E-state index >= 15 is 0 Å². The van der Waals surface area contributed by atoms with Gasteiger partial charge in [0.15, 0.2) is 0 Å². The van der Waals surface area contributed by atoms with E-state index in [4.69, 9.17) is 11.6 Å². The summed E-state index contributed by atoms with van der Waals surface area (Å²) in [5, 5.41) is 3.16. The second-order valence-electron chi connectivity index (χ2n) is 7.70. The van der Waals surface area contributed by atoms with E-state index in [-0.39, 0.29) is 10.8 Å². The van der Waals surface area contributed by atoms with Crippen molar-refractivity contribution in [2.45, 2.75) is 56.3 Å². The minimum absolute atomic E-state index is 0.157. The Bertz CT molecular complexity index is 771. The van der Waals surface area contributed by atoms with Crippen LogP contribution in [-0.2, 0) is 14.8 Å². The number of rotatable bonds is 5. The molecule has 156 valence electrons. The number of halogens is 1. The van der Waals surface area contributed by atoms with Crippen LogP contribution in [0.1, 0.15) is 51.4 Å². The van der Waals surface area contributed by atoms with E-state index < -0.39 is 10.0 Å². The van der Waals surface area contributed by atoms with Crippen LogP contribution >= 0.6 is 11.6 Å². The second kappa shape index (κ2) is 10.1. The second-order valence-corrected chi connectivity index (χ2v) is 10.0. The average Bonchev–Trinajstić information content (AvgIpc) is 2.66. The molecular formula is C20H30ClN3O3S. The molecule has 1 aromatic carbocycles. The van der Waals surface area contributed by atoms with Crippen molar-refractivity contribution >= 4 is 33.2 Å². The van der Waals surface area contributed by atoms with Crippen molar-refractivity contribution in [3.63, 3.8) is 0 Å². The maximum Gasteiger partial charge on any atom is 0.243 e. The molecule has 0 aliphatic carbocycles. The summed E-state index contributed by atoms with van der Waals surface area (Å²) in [6, 6.07) is 4.54. The Hall–Kier alpha value is -1.15. The first-order valence-electron chi connectivity index (χ1n) is 10.3. The van der Waals surface area contributed by atoms with Crippen molar-refractivity contribution in [2.75, 3.05) is 38.0 Å². The van der Waals surface area contributed by atoms with E-state index in [1.165, 1.54) is 35.7 Å². The number of sulfonamides is 1. The van der Waals surface area contributed by atoms with E-state index in [0.717, 1.165) is 45.2 Å². The zero-order valence-corrected chi connectivity index (χ0v) is 17.9. The Morgan fingerprint density at radius 1 is 0.929 bits per heavy atom. The van der Waals surface area contributed by atoms with E-state index in [9.17, 15) is 13.2 Å². The van der Waals surface area contributed by atoms with E-state index in [1.54, 1.807) is 6.07 Å². The van der Waals surface area contributed by atoms with Gasteiger partial charge < -0.3 is 5.32 Å². The van der Waals surface area contributed by atoms with Gasteiger partial charge in [0.05, 0.1) is 22.2 Å². The van der Waals surface area contributed by atoms with Gasteiger partial charge in [-0.25, -0.2) is 8.42 Å². The third-order valence-corrected chi connectivity index (χ3v) is 7.70. The number of piperidine rings is 1. The number of benzene rings is 1. The zero-order chi connectivity index (χ0) is 20.0. The summed E-state index contributed by atoms with van der Waals surface area (Å²) in [5.74, 6) is -0.157. The number of nitrogens with one attached hydrogen (secondary N) is 1. The van der Waals surface area contributed by atoms with Crippen molar-refractivity contribution in [2.24, 2.45) is 0 Å². The van der Waals surface area contributed by atoms with Crippen LogP contribution in [-0.4, -0.2) is 56.3 Å². The van der Waals surface area contributed by atoms with Gasteiger partial charge in [-0.3, -0.25) is 9.69 Å². The quantitative estimate of drug-likeness (QED) is 0.777. The van der Waals surface area contributed by atoms with Gasteiger partial charge in [-0.05, 0) is 57.0 Å². The predicted octanol–water partition coefficient (Wildman–Crippen LogP) is 3.72. The number of hydrogen-bond donors (Lipinski definition) is 1. The van der Waals surface area contributed by atoms with Gasteiger partial charge >= 0.3 is 0 Å². The summed E-state index contributed by atoms with van der Waals surface area (Å²) in [7, 11) is -3.56. The molecule has 1 N–H and O–H groups in total. The van der Waals surface area contributed by atoms with Crippen LogP contribution in [0.3, 0.4) is 0 Å². The summed E-state index contributed by atoms with van der Waals surface area (Å²) >= 11 is 6.23. The Morgan fingerprint density at radius 2 is 1.50 bits per heavy atom. The number of amides is 1. The first kappa shape index (κ1) is 21.6. The van der Waals surface area contributed by atoms with Gasteiger partial charge in [-0.1, -0.05) is 37.3 Å². The van der Waals surface area contributed by atoms with E-state index in [2.05, 4.69) is 10.2 Å². The van der Waals surface area contributed by atoms with Crippen LogP contribution in [0.15, 0.2) is 23.1 Å². The van der Waals surface area contributed by atoms with E-state index in [1.807, 2.05) is 0 Å². The molecule has 2 aliphatic rings. The molecule has 0 aromatic heterocycles. The van der Waals surface area contributed by atoms with Crippen LogP contribution < -0.4 is 5.32 Å². The Morgan fingerprint density at radius 3 is 2.18 bits per heavy atom. The number of carbonyl (C=O) groups excluding carboxylic acids is 1. The van der Waals surface area contributed by atoms with Crippen LogP contribution in [0, 0.1) is 0 Å². The first-order valence-corrected chi connectivity index (χ1v) is 12.1. The van der Waals surface area contributed by atoms with Crippen LogP contribution in [0.2, 0.25) is 5.02 Å². The van der Waals surface area contributed by atoms with Crippen LogP contribution in [0.4, 0.5) is 5.69 Å². The lowest BCUT2D eigenvalue weighted by molar-refractivity contribution is -0.117. The lowest BCUT2D eigenvalue weighted by Crippen LogP contribution is -2.36.